The average molecular weight is 106 g/mol. The number of hydrogen-bond donors (Lipinski definition) is 0. The predicted octanol–water partition coefficient (Wildman–Crippen LogP) is -3.93. The molecule has 0 saturated heterocycles. The van der Waals surface area contributed by atoms with Crippen molar-refractivity contribution in [2.24, 2.45) is 0 Å². The molecule has 16 valence electrons. The van der Waals surface area contributed by atoms with E-state index in [1.54, 1.807) is 0 Å². The summed E-state index contributed by atoms with van der Waals surface area (Å²) >= 11 is 0. The topological polar surface area (TPSA) is 30.0 Å². The second kappa shape index (κ2) is 27.4. The Morgan fingerprint density at radius 2 is 0.750 bits per heavy atom. The van der Waals surface area contributed by atoms with Crippen molar-refractivity contribution in [2.45, 2.75) is 0 Å². The van der Waals surface area contributed by atoms with Gasteiger partial charge >= 0.3 is 34.7 Å². The van der Waals surface area contributed by atoms with Crippen LogP contribution in [-0.2, 0) is 0 Å². The predicted molar refractivity (Wildman–Crippen MR) is 13.4 cm³/mol. The molecular weight excluding hydrogens is 105 g/mol. The van der Waals surface area contributed by atoms with E-state index in [4.69, 9.17) is 0 Å². The first-order valence-electron chi connectivity index (χ1n) is 0. The SMILES string of the molecule is [Al+3].[Al+3].[Cl-].[OH-]. The summed E-state index contributed by atoms with van der Waals surface area (Å²) in [6.45, 7) is 0. The van der Waals surface area contributed by atoms with Crippen LogP contribution in [0.15, 0.2) is 0 Å². The van der Waals surface area contributed by atoms with Gasteiger partial charge in [0.25, 0.3) is 0 Å². The van der Waals surface area contributed by atoms with Crippen molar-refractivity contribution in [3.05, 3.63) is 0 Å². The van der Waals surface area contributed by atoms with Crippen molar-refractivity contribution in [3.8, 4) is 0 Å². The molecule has 0 spiro atoms. The van der Waals surface area contributed by atoms with Crippen LogP contribution in [0.4, 0.5) is 0 Å². The van der Waals surface area contributed by atoms with E-state index in [9.17, 15) is 0 Å². The zero-order valence-electron chi connectivity index (χ0n) is 1.98. The third-order valence-electron chi connectivity index (χ3n) is 0. The second-order valence-corrected chi connectivity index (χ2v) is 0. The summed E-state index contributed by atoms with van der Waals surface area (Å²) in [5.74, 6) is 0. The minimum absolute atomic E-state index is 0. The van der Waals surface area contributed by atoms with E-state index < -0.39 is 0 Å². The molecule has 0 atom stereocenters. The van der Waals surface area contributed by atoms with Crippen molar-refractivity contribution in [1.29, 1.82) is 0 Å². The molecule has 0 saturated carbocycles. The van der Waals surface area contributed by atoms with E-state index in [0.29, 0.717) is 0 Å². The first kappa shape index (κ1) is 57.2. The summed E-state index contributed by atoms with van der Waals surface area (Å²) in [6, 6.07) is 0. The maximum Gasteiger partial charge on any atom is 3.00 e. The Bertz CT molecular complexity index is 6.00. The van der Waals surface area contributed by atoms with Gasteiger partial charge in [-0.05, 0) is 0 Å². The van der Waals surface area contributed by atoms with E-state index >= 15 is 0 Å². The summed E-state index contributed by atoms with van der Waals surface area (Å²) in [6.07, 6.45) is 0. The van der Waals surface area contributed by atoms with Gasteiger partial charge in [-0.15, -0.1) is 0 Å². The third-order valence-corrected chi connectivity index (χ3v) is 0. The quantitative estimate of drug-likeness (QED) is 0.290. The minimum atomic E-state index is 0. The molecule has 0 aromatic heterocycles. The molecule has 1 nitrogen and oxygen atoms in total. The Balaban J connectivity index is 0. The van der Waals surface area contributed by atoms with Crippen molar-refractivity contribution < 1.29 is 17.9 Å². The van der Waals surface area contributed by atoms with Crippen LogP contribution in [0.25, 0.3) is 0 Å². The van der Waals surface area contributed by atoms with Gasteiger partial charge < -0.3 is 17.9 Å². The van der Waals surface area contributed by atoms with Crippen LogP contribution in [0.3, 0.4) is 0 Å². The van der Waals surface area contributed by atoms with Crippen LogP contribution >= 0.6 is 0 Å². The fraction of sp³-hybridized carbons (Fsp3) is 0. The molecule has 0 radical (unpaired) electrons. The Hall–Kier alpha value is 1.31. The van der Waals surface area contributed by atoms with Crippen LogP contribution in [0.1, 0.15) is 0 Å². The third kappa shape index (κ3) is 10.3. The van der Waals surface area contributed by atoms with Crippen molar-refractivity contribution in [2.75, 3.05) is 0 Å². The van der Waals surface area contributed by atoms with Gasteiger partial charge in [-0.2, -0.15) is 0 Å². The number of rotatable bonds is 0. The minimum Gasteiger partial charge on any atom is -1.00 e. The monoisotopic (exact) mass is 106 g/mol. The van der Waals surface area contributed by atoms with Crippen molar-refractivity contribution in [1.82, 2.24) is 0 Å². The van der Waals surface area contributed by atoms with Crippen LogP contribution in [-0.4, -0.2) is 40.2 Å². The maximum atomic E-state index is 0. The van der Waals surface area contributed by atoms with E-state index in [2.05, 4.69) is 0 Å². The van der Waals surface area contributed by atoms with Gasteiger partial charge in [-0.3, -0.25) is 0 Å². The molecule has 0 aromatic carbocycles. The van der Waals surface area contributed by atoms with Gasteiger partial charge in [0, 0.05) is 0 Å². The van der Waals surface area contributed by atoms with Gasteiger partial charge in [0.1, 0.15) is 0 Å². The smallest absolute Gasteiger partial charge is 1.00 e. The van der Waals surface area contributed by atoms with Crippen LogP contribution < -0.4 is 12.4 Å². The molecule has 0 fully saturated rings. The Labute approximate surface area is 52.7 Å². The molecule has 4 heavy (non-hydrogen) atoms. The van der Waals surface area contributed by atoms with Gasteiger partial charge in [0.15, 0.2) is 0 Å². The fourth-order valence-electron chi connectivity index (χ4n) is 0. The second-order valence-electron chi connectivity index (χ2n) is 0. The molecule has 0 bridgehead atoms. The first-order chi connectivity index (χ1) is 0. The first-order valence-corrected chi connectivity index (χ1v) is 0. The summed E-state index contributed by atoms with van der Waals surface area (Å²) in [5, 5.41) is 0. The van der Waals surface area contributed by atoms with Gasteiger partial charge in [0.05, 0.1) is 0 Å². The maximum absolute atomic E-state index is 0. The van der Waals surface area contributed by atoms with Crippen LogP contribution in [0.2, 0.25) is 0 Å². The molecule has 0 heterocycles. The summed E-state index contributed by atoms with van der Waals surface area (Å²) in [5.41, 5.74) is 0. The largest absolute Gasteiger partial charge is 3.00 e. The summed E-state index contributed by atoms with van der Waals surface area (Å²) < 4.78 is 0. The molecule has 0 aliphatic rings. The zero-order valence-corrected chi connectivity index (χ0v) is 5.05. The fourth-order valence-corrected chi connectivity index (χ4v) is 0. The zero-order chi connectivity index (χ0) is 0. The molecule has 1 N–H and O–H groups in total. The van der Waals surface area contributed by atoms with Crippen molar-refractivity contribution in [3.63, 3.8) is 0 Å². The summed E-state index contributed by atoms with van der Waals surface area (Å²) in [7, 11) is 0. The molecule has 0 aromatic rings. The van der Waals surface area contributed by atoms with Gasteiger partial charge in [0.2, 0.25) is 0 Å². The molecule has 0 unspecified atom stereocenters. The molecular formula is HAl2ClO+4. The summed E-state index contributed by atoms with van der Waals surface area (Å²) in [4.78, 5) is 0. The van der Waals surface area contributed by atoms with Gasteiger partial charge in [-0.25, -0.2) is 0 Å². The van der Waals surface area contributed by atoms with Crippen LogP contribution in [0.5, 0.6) is 0 Å². The Kier molecular flexibility index (Phi) is 392. The molecule has 4 heteroatoms. The molecule has 0 aliphatic carbocycles. The molecule has 0 rings (SSSR count). The average Bonchev–Trinajstić information content (AvgIpc) is 0. The number of halogens is 1. The van der Waals surface area contributed by atoms with E-state index in [1.165, 1.54) is 0 Å². The Morgan fingerprint density at radius 3 is 0.750 bits per heavy atom. The van der Waals surface area contributed by atoms with Crippen molar-refractivity contribution >= 4 is 34.7 Å². The van der Waals surface area contributed by atoms with Crippen LogP contribution in [0, 0.1) is 0 Å². The molecule has 0 amide bonds. The Morgan fingerprint density at radius 1 is 0.750 bits per heavy atom. The van der Waals surface area contributed by atoms with E-state index in [1.807, 2.05) is 0 Å². The standard InChI is InChI=1S/2Al.ClH.H2O/h;;1H;1H2/q2*+3;;/p-2. The number of hydrogen-bond acceptors (Lipinski definition) is 1. The van der Waals surface area contributed by atoms with Gasteiger partial charge in [-0.1, -0.05) is 0 Å². The molecule has 0 aliphatic heterocycles. The van der Waals surface area contributed by atoms with E-state index in [0.717, 1.165) is 0 Å². The van der Waals surface area contributed by atoms with E-state index in [-0.39, 0.29) is 52.6 Å². The normalized spacial score (nSPS) is 0.